The van der Waals surface area contributed by atoms with Crippen molar-refractivity contribution in [2.45, 2.75) is 18.9 Å². The zero-order chi connectivity index (χ0) is 13.7. The van der Waals surface area contributed by atoms with E-state index in [4.69, 9.17) is 11.6 Å². The first-order valence-corrected chi connectivity index (χ1v) is 6.92. The number of halogens is 1. The molecule has 1 aliphatic carbocycles. The fourth-order valence-corrected chi connectivity index (χ4v) is 2.70. The third-order valence-corrected chi connectivity index (χ3v) is 3.84. The Morgan fingerprint density at radius 2 is 2.10 bits per heavy atom. The zero-order valence-corrected chi connectivity index (χ0v) is 11.4. The van der Waals surface area contributed by atoms with Crippen molar-refractivity contribution in [3.8, 4) is 17.1 Å². The van der Waals surface area contributed by atoms with E-state index >= 15 is 0 Å². The fraction of sp³-hybridized carbons (Fsp3) is 0.200. The molecule has 1 N–H and O–H groups in total. The Bertz CT molecular complexity index is 808. The van der Waals surface area contributed by atoms with Crippen LogP contribution in [0.4, 0.5) is 0 Å². The van der Waals surface area contributed by atoms with E-state index < -0.39 is 0 Å². The van der Waals surface area contributed by atoms with Crippen molar-refractivity contribution in [1.82, 2.24) is 14.5 Å². The van der Waals surface area contributed by atoms with Crippen molar-refractivity contribution >= 4 is 22.6 Å². The van der Waals surface area contributed by atoms with Gasteiger partial charge in [0.05, 0.1) is 22.8 Å². The van der Waals surface area contributed by atoms with Crippen LogP contribution < -0.4 is 0 Å². The van der Waals surface area contributed by atoms with Crippen molar-refractivity contribution in [2.75, 3.05) is 0 Å². The maximum absolute atomic E-state index is 10.0. The number of hydrogen-bond donors (Lipinski definition) is 1. The first-order valence-electron chi connectivity index (χ1n) is 6.55. The van der Waals surface area contributed by atoms with E-state index in [0.29, 0.717) is 16.6 Å². The smallest absolute Gasteiger partial charge is 0.145 e. The molecular formula is C15H12ClN3O. The van der Waals surface area contributed by atoms with E-state index in [1.165, 1.54) is 6.20 Å². The normalized spacial score (nSPS) is 14.8. The lowest BCUT2D eigenvalue weighted by Crippen LogP contribution is -1.97. The summed E-state index contributed by atoms with van der Waals surface area (Å²) < 4.78 is 2.18. The molecule has 0 spiro atoms. The maximum atomic E-state index is 10.0. The van der Waals surface area contributed by atoms with Crippen LogP contribution in [0, 0.1) is 0 Å². The highest BCUT2D eigenvalue weighted by Gasteiger charge is 2.29. The number of rotatable bonds is 2. The third kappa shape index (κ3) is 1.76. The van der Waals surface area contributed by atoms with Gasteiger partial charge in [0, 0.05) is 17.3 Å². The summed E-state index contributed by atoms with van der Waals surface area (Å²) in [6.45, 7) is 0. The van der Waals surface area contributed by atoms with Crippen molar-refractivity contribution < 1.29 is 5.11 Å². The molecule has 0 aliphatic heterocycles. The van der Waals surface area contributed by atoms with Crippen LogP contribution in [0.2, 0.25) is 5.02 Å². The first-order chi connectivity index (χ1) is 9.74. The summed E-state index contributed by atoms with van der Waals surface area (Å²) in [4.78, 5) is 8.58. The third-order valence-electron chi connectivity index (χ3n) is 3.60. The SMILES string of the molecule is Oc1cnccc1-c1nc2ccc(Cl)cc2n1C1CC1. The summed E-state index contributed by atoms with van der Waals surface area (Å²) in [6, 6.07) is 7.92. The standard InChI is InChI=1S/C15H12ClN3O/c16-9-1-4-12-13(7-9)19(10-2-3-10)15(18-12)11-5-6-17-8-14(11)20/h1,4-8,10,20H,2-3H2. The van der Waals surface area contributed by atoms with E-state index in [1.807, 2.05) is 18.2 Å². The largest absolute Gasteiger partial charge is 0.506 e. The van der Waals surface area contributed by atoms with Crippen LogP contribution in [0.25, 0.3) is 22.4 Å². The lowest BCUT2D eigenvalue weighted by atomic mass is 10.2. The Balaban J connectivity index is 2.04. The lowest BCUT2D eigenvalue weighted by Gasteiger charge is -2.08. The van der Waals surface area contributed by atoms with Crippen LogP contribution in [-0.4, -0.2) is 19.6 Å². The second kappa shape index (κ2) is 4.21. The minimum atomic E-state index is 0.149. The number of aromatic nitrogens is 3. The van der Waals surface area contributed by atoms with E-state index in [-0.39, 0.29) is 5.75 Å². The highest BCUT2D eigenvalue weighted by atomic mass is 35.5. The molecule has 1 aliphatic rings. The molecule has 0 amide bonds. The van der Waals surface area contributed by atoms with Crippen LogP contribution >= 0.6 is 11.6 Å². The molecule has 20 heavy (non-hydrogen) atoms. The average Bonchev–Trinajstić information content (AvgIpc) is 3.20. The van der Waals surface area contributed by atoms with Crippen molar-refractivity contribution in [3.63, 3.8) is 0 Å². The number of hydrogen-bond acceptors (Lipinski definition) is 3. The van der Waals surface area contributed by atoms with Gasteiger partial charge in [-0.3, -0.25) is 4.98 Å². The zero-order valence-electron chi connectivity index (χ0n) is 10.6. The topological polar surface area (TPSA) is 50.9 Å². The summed E-state index contributed by atoms with van der Waals surface area (Å²) in [5.74, 6) is 0.931. The molecule has 4 rings (SSSR count). The second-order valence-electron chi connectivity index (χ2n) is 5.06. The van der Waals surface area contributed by atoms with E-state index in [0.717, 1.165) is 29.7 Å². The number of pyridine rings is 1. The first kappa shape index (κ1) is 11.7. The predicted octanol–water partition coefficient (Wildman–Crippen LogP) is 3.79. The average molecular weight is 286 g/mol. The van der Waals surface area contributed by atoms with Crippen molar-refractivity contribution in [2.24, 2.45) is 0 Å². The summed E-state index contributed by atoms with van der Waals surface area (Å²) in [7, 11) is 0. The fourth-order valence-electron chi connectivity index (χ4n) is 2.53. The summed E-state index contributed by atoms with van der Waals surface area (Å²) in [5.41, 5.74) is 2.62. The molecule has 0 saturated heterocycles. The van der Waals surface area contributed by atoms with Crippen molar-refractivity contribution in [1.29, 1.82) is 0 Å². The summed E-state index contributed by atoms with van der Waals surface area (Å²) >= 11 is 6.10. The molecule has 1 fully saturated rings. The summed E-state index contributed by atoms with van der Waals surface area (Å²) in [5, 5.41) is 10.7. The Hall–Kier alpha value is -2.07. The van der Waals surface area contributed by atoms with Crippen LogP contribution in [-0.2, 0) is 0 Å². The highest BCUT2D eigenvalue weighted by Crippen LogP contribution is 2.42. The molecule has 100 valence electrons. The van der Waals surface area contributed by atoms with E-state index in [9.17, 15) is 5.11 Å². The lowest BCUT2D eigenvalue weighted by molar-refractivity contribution is 0.474. The number of imidazole rings is 1. The predicted molar refractivity (Wildman–Crippen MR) is 77.9 cm³/mol. The van der Waals surface area contributed by atoms with E-state index in [2.05, 4.69) is 14.5 Å². The van der Waals surface area contributed by atoms with Gasteiger partial charge in [-0.1, -0.05) is 11.6 Å². The Morgan fingerprint density at radius 3 is 2.85 bits per heavy atom. The van der Waals surface area contributed by atoms with Crippen LogP contribution in [0.15, 0.2) is 36.7 Å². The molecule has 5 heteroatoms. The Kier molecular flexibility index (Phi) is 2.47. The molecule has 0 radical (unpaired) electrons. The number of aromatic hydroxyl groups is 1. The van der Waals surface area contributed by atoms with Gasteiger partial charge in [0.15, 0.2) is 0 Å². The van der Waals surface area contributed by atoms with Crippen molar-refractivity contribution in [3.05, 3.63) is 41.7 Å². The van der Waals surface area contributed by atoms with Gasteiger partial charge in [-0.2, -0.15) is 0 Å². The van der Waals surface area contributed by atoms with Gasteiger partial charge in [0.1, 0.15) is 11.6 Å². The Morgan fingerprint density at radius 1 is 1.25 bits per heavy atom. The molecular weight excluding hydrogens is 274 g/mol. The van der Waals surface area contributed by atoms with Gasteiger partial charge in [-0.05, 0) is 37.1 Å². The second-order valence-corrected chi connectivity index (χ2v) is 5.50. The van der Waals surface area contributed by atoms with Crippen LogP contribution in [0.1, 0.15) is 18.9 Å². The van der Waals surface area contributed by atoms with Gasteiger partial charge in [-0.15, -0.1) is 0 Å². The molecule has 1 saturated carbocycles. The molecule has 0 unspecified atom stereocenters. The quantitative estimate of drug-likeness (QED) is 0.779. The molecule has 4 nitrogen and oxygen atoms in total. The molecule has 0 atom stereocenters. The molecule has 1 aromatic carbocycles. The minimum Gasteiger partial charge on any atom is -0.506 e. The number of nitrogens with zero attached hydrogens (tertiary/aromatic N) is 3. The van der Waals surface area contributed by atoms with Crippen LogP contribution in [0.5, 0.6) is 5.75 Å². The van der Waals surface area contributed by atoms with Crippen LogP contribution in [0.3, 0.4) is 0 Å². The van der Waals surface area contributed by atoms with Gasteiger partial charge in [-0.25, -0.2) is 4.98 Å². The highest BCUT2D eigenvalue weighted by molar-refractivity contribution is 6.31. The number of fused-ring (bicyclic) bond motifs is 1. The molecule has 0 bridgehead atoms. The molecule has 3 aromatic rings. The minimum absolute atomic E-state index is 0.149. The van der Waals surface area contributed by atoms with E-state index in [1.54, 1.807) is 12.3 Å². The maximum Gasteiger partial charge on any atom is 0.145 e. The molecule has 2 heterocycles. The monoisotopic (exact) mass is 285 g/mol. The van der Waals surface area contributed by atoms with Gasteiger partial charge in [0.2, 0.25) is 0 Å². The van der Waals surface area contributed by atoms with Gasteiger partial charge in [0.25, 0.3) is 0 Å². The molecule has 2 aromatic heterocycles. The Labute approximate surface area is 120 Å². The summed E-state index contributed by atoms with van der Waals surface area (Å²) in [6.07, 6.45) is 5.38. The number of benzene rings is 1. The van der Waals surface area contributed by atoms with Gasteiger partial charge >= 0.3 is 0 Å². The van der Waals surface area contributed by atoms with Gasteiger partial charge < -0.3 is 9.67 Å².